The van der Waals surface area contributed by atoms with Crippen LogP contribution in [-0.4, -0.2) is 20.9 Å². The molecule has 1 aliphatic heterocycles. The molecule has 0 bridgehead atoms. The zero-order valence-corrected chi connectivity index (χ0v) is 25.0. The number of benzene rings is 4. The number of hydrogen-bond donors (Lipinski definition) is 0. The van der Waals surface area contributed by atoms with Crippen molar-refractivity contribution < 1.29 is 13.2 Å². The van der Waals surface area contributed by atoms with Crippen LogP contribution in [0.15, 0.2) is 100 Å². The number of fused-ring (bicyclic) bond motifs is 1. The molecule has 5 rings (SSSR count). The van der Waals surface area contributed by atoms with Gasteiger partial charge in [0.1, 0.15) is 0 Å². The summed E-state index contributed by atoms with van der Waals surface area (Å²) in [6, 6.07) is 26.4. The zero-order chi connectivity index (χ0) is 27.9. The van der Waals surface area contributed by atoms with Crippen LogP contribution in [0, 0.1) is 6.92 Å². The predicted molar refractivity (Wildman–Crippen MR) is 161 cm³/mol. The van der Waals surface area contributed by atoms with E-state index in [2.05, 4.69) is 29.8 Å². The van der Waals surface area contributed by atoms with Gasteiger partial charge in [0.05, 0.1) is 27.8 Å². The lowest BCUT2D eigenvalue weighted by Gasteiger charge is -2.26. The first-order valence-electron chi connectivity index (χ1n) is 12.5. The fourth-order valence-corrected chi connectivity index (χ4v) is 7.64. The van der Waals surface area contributed by atoms with Gasteiger partial charge in [0.2, 0.25) is 0 Å². The van der Waals surface area contributed by atoms with E-state index < -0.39 is 10.0 Å². The number of aryl methyl sites for hydroxylation is 1. The van der Waals surface area contributed by atoms with E-state index in [4.69, 9.17) is 11.6 Å². The van der Waals surface area contributed by atoms with Gasteiger partial charge in [-0.2, -0.15) is 0 Å². The average molecular weight is 624 g/mol. The van der Waals surface area contributed by atoms with E-state index in [9.17, 15) is 13.2 Å². The lowest BCUT2D eigenvalue weighted by Crippen LogP contribution is -2.34. The number of hydrogen-bond acceptors (Lipinski definition) is 3. The van der Waals surface area contributed by atoms with Gasteiger partial charge in [0.15, 0.2) is 0 Å². The fourth-order valence-electron chi connectivity index (χ4n) is 5.29. The van der Waals surface area contributed by atoms with Crippen LogP contribution in [0.3, 0.4) is 0 Å². The topological polar surface area (TPSA) is 57.7 Å². The van der Waals surface area contributed by atoms with Crippen molar-refractivity contribution >= 4 is 54.8 Å². The number of carbonyl (C=O) groups excluding carboxylic acids is 1. The molecule has 4 aromatic carbocycles. The number of para-hydroxylation sites is 1. The second-order valence-electron chi connectivity index (χ2n) is 10.3. The van der Waals surface area contributed by atoms with Gasteiger partial charge in [0, 0.05) is 22.0 Å². The molecular weight excluding hydrogens is 596 g/mol. The lowest BCUT2D eigenvalue weighted by atomic mass is 9.84. The van der Waals surface area contributed by atoms with Crippen LogP contribution in [0.5, 0.6) is 0 Å². The summed E-state index contributed by atoms with van der Waals surface area (Å²) < 4.78 is 30.4. The number of sulfonamides is 1. The monoisotopic (exact) mass is 622 g/mol. The molecule has 5 nitrogen and oxygen atoms in total. The van der Waals surface area contributed by atoms with E-state index >= 15 is 0 Å². The smallest absolute Gasteiger partial charge is 0.264 e. The Morgan fingerprint density at radius 3 is 2.38 bits per heavy atom. The van der Waals surface area contributed by atoms with Gasteiger partial charge in [-0.05, 0) is 75.9 Å². The molecule has 1 heterocycles. The van der Waals surface area contributed by atoms with Crippen molar-refractivity contribution in [1.29, 1.82) is 0 Å². The molecule has 0 atom stereocenters. The highest BCUT2D eigenvalue weighted by atomic mass is 79.9. The Balaban J connectivity index is 1.56. The number of rotatable bonds is 6. The number of amides is 1. The Labute approximate surface area is 243 Å². The molecular formula is C31H28BrClN2O3S. The van der Waals surface area contributed by atoms with E-state index in [0.717, 1.165) is 26.9 Å². The Kier molecular flexibility index (Phi) is 7.35. The van der Waals surface area contributed by atoms with Crippen LogP contribution in [0.25, 0.3) is 0 Å². The molecule has 0 radical (unpaired) electrons. The third-order valence-electron chi connectivity index (χ3n) is 7.04. The molecule has 0 fully saturated rings. The highest BCUT2D eigenvalue weighted by molar-refractivity contribution is 9.10. The first-order chi connectivity index (χ1) is 18.5. The molecule has 39 heavy (non-hydrogen) atoms. The van der Waals surface area contributed by atoms with Gasteiger partial charge in [-0.15, -0.1) is 0 Å². The molecule has 200 valence electrons. The van der Waals surface area contributed by atoms with E-state index in [1.807, 2.05) is 49.4 Å². The molecule has 0 aliphatic carbocycles. The molecule has 0 unspecified atom stereocenters. The summed E-state index contributed by atoms with van der Waals surface area (Å²) in [6.45, 7) is 6.85. The molecule has 0 saturated heterocycles. The van der Waals surface area contributed by atoms with E-state index in [1.54, 1.807) is 41.3 Å². The third-order valence-corrected chi connectivity index (χ3v) is 9.76. The van der Waals surface area contributed by atoms with E-state index in [0.29, 0.717) is 22.8 Å². The van der Waals surface area contributed by atoms with Crippen LogP contribution in [-0.2, 0) is 22.0 Å². The van der Waals surface area contributed by atoms with Gasteiger partial charge in [0.25, 0.3) is 15.9 Å². The second kappa shape index (κ2) is 10.5. The average Bonchev–Trinajstić information content (AvgIpc) is 3.22. The minimum Gasteiger partial charge on any atom is -0.306 e. The standard InChI is InChI=1S/C31H28BrClN2O3S/c1-21-16-17-25(32)29-28(21)31(2,3)20-34(29)30(36)23-12-9-13-24(18-23)39(37,38)35(19-22-10-5-4-6-11-22)27-15-8-7-14-26(27)33/h4-18H,19-20H2,1-3H3. The minimum absolute atomic E-state index is 0.0196. The summed E-state index contributed by atoms with van der Waals surface area (Å²) in [4.78, 5) is 15.7. The summed E-state index contributed by atoms with van der Waals surface area (Å²) in [7, 11) is -4.08. The Morgan fingerprint density at radius 1 is 0.974 bits per heavy atom. The number of carbonyl (C=O) groups is 1. The molecule has 0 saturated carbocycles. The van der Waals surface area contributed by atoms with Crippen LogP contribution < -0.4 is 9.21 Å². The van der Waals surface area contributed by atoms with Crippen molar-refractivity contribution in [2.45, 2.75) is 37.6 Å². The maximum absolute atomic E-state index is 14.1. The maximum atomic E-state index is 14.1. The molecule has 0 aromatic heterocycles. The lowest BCUT2D eigenvalue weighted by molar-refractivity contribution is 0.0985. The number of anilines is 2. The molecule has 1 aliphatic rings. The van der Waals surface area contributed by atoms with Gasteiger partial charge in [-0.1, -0.05) is 80.0 Å². The van der Waals surface area contributed by atoms with Crippen molar-refractivity contribution in [2.75, 3.05) is 15.7 Å². The Hall–Kier alpha value is -3.13. The quantitative estimate of drug-likeness (QED) is 0.221. The normalized spacial score (nSPS) is 14.2. The van der Waals surface area contributed by atoms with Crippen molar-refractivity contribution in [3.63, 3.8) is 0 Å². The SMILES string of the molecule is Cc1ccc(Br)c2c1C(C)(C)CN2C(=O)c1cccc(S(=O)(=O)N(Cc2ccccc2)c2ccccc2Cl)c1. The summed E-state index contributed by atoms with van der Waals surface area (Å²) in [5.74, 6) is -0.252. The van der Waals surface area contributed by atoms with Crippen molar-refractivity contribution in [3.8, 4) is 0 Å². The second-order valence-corrected chi connectivity index (χ2v) is 13.5. The van der Waals surface area contributed by atoms with Crippen molar-refractivity contribution in [3.05, 3.63) is 123 Å². The van der Waals surface area contributed by atoms with Crippen LogP contribution in [0.2, 0.25) is 5.02 Å². The third kappa shape index (κ3) is 5.11. The largest absolute Gasteiger partial charge is 0.306 e. The molecule has 4 aromatic rings. The summed E-state index contributed by atoms with van der Waals surface area (Å²) >= 11 is 10.1. The highest BCUT2D eigenvalue weighted by Crippen LogP contribution is 2.47. The number of halogens is 2. The minimum atomic E-state index is -4.08. The first kappa shape index (κ1) is 27.4. The molecule has 0 spiro atoms. The van der Waals surface area contributed by atoms with Crippen LogP contribution in [0.1, 0.15) is 40.9 Å². The highest BCUT2D eigenvalue weighted by Gasteiger charge is 2.41. The number of nitrogens with zero attached hydrogens (tertiary/aromatic N) is 2. The van der Waals surface area contributed by atoms with Crippen LogP contribution >= 0.6 is 27.5 Å². The maximum Gasteiger partial charge on any atom is 0.264 e. The van der Waals surface area contributed by atoms with Gasteiger partial charge < -0.3 is 4.90 Å². The summed E-state index contributed by atoms with van der Waals surface area (Å²) in [5, 5.41) is 0.320. The van der Waals surface area contributed by atoms with Crippen molar-refractivity contribution in [1.82, 2.24) is 0 Å². The fraction of sp³-hybridized carbons (Fsp3) is 0.194. The van der Waals surface area contributed by atoms with E-state index in [1.165, 1.54) is 16.4 Å². The molecule has 1 amide bonds. The summed E-state index contributed by atoms with van der Waals surface area (Å²) in [6.07, 6.45) is 0. The Morgan fingerprint density at radius 2 is 1.67 bits per heavy atom. The first-order valence-corrected chi connectivity index (χ1v) is 15.1. The van der Waals surface area contributed by atoms with Crippen LogP contribution in [0.4, 0.5) is 11.4 Å². The molecule has 8 heteroatoms. The Bertz CT molecular complexity index is 1670. The molecule has 0 N–H and O–H groups in total. The predicted octanol–water partition coefficient (Wildman–Crippen LogP) is 7.74. The van der Waals surface area contributed by atoms with Crippen molar-refractivity contribution in [2.24, 2.45) is 0 Å². The van der Waals surface area contributed by atoms with Gasteiger partial charge in [-0.3, -0.25) is 9.10 Å². The zero-order valence-electron chi connectivity index (χ0n) is 21.9. The van der Waals surface area contributed by atoms with E-state index in [-0.39, 0.29) is 22.8 Å². The van der Waals surface area contributed by atoms with Gasteiger partial charge in [-0.25, -0.2) is 8.42 Å². The van der Waals surface area contributed by atoms with Gasteiger partial charge >= 0.3 is 0 Å². The summed E-state index contributed by atoms with van der Waals surface area (Å²) in [5.41, 5.74) is 4.28.